The molecule has 1 saturated heterocycles. The number of benzene rings is 2. The number of rotatable bonds is 7. The predicted molar refractivity (Wildman–Crippen MR) is 121 cm³/mol. The van der Waals surface area contributed by atoms with Crippen molar-refractivity contribution in [3.8, 4) is 5.75 Å². The maximum Gasteiger partial charge on any atom is 0.295 e. The number of aromatic hydroxyl groups is 1. The molecule has 1 atom stereocenters. The van der Waals surface area contributed by atoms with Crippen LogP contribution in [0.4, 0.5) is 0 Å². The van der Waals surface area contributed by atoms with Crippen molar-refractivity contribution >= 4 is 17.4 Å². The number of amides is 1. The van der Waals surface area contributed by atoms with E-state index in [9.17, 15) is 19.8 Å². The van der Waals surface area contributed by atoms with E-state index < -0.39 is 17.7 Å². The molecule has 6 nitrogen and oxygen atoms in total. The van der Waals surface area contributed by atoms with E-state index in [0.717, 1.165) is 24.2 Å². The highest BCUT2D eigenvalue weighted by Crippen LogP contribution is 2.40. The van der Waals surface area contributed by atoms with E-state index in [1.807, 2.05) is 32.0 Å². The van der Waals surface area contributed by atoms with Crippen LogP contribution in [0.5, 0.6) is 5.75 Å². The van der Waals surface area contributed by atoms with Gasteiger partial charge in [-0.15, -0.1) is 0 Å². The van der Waals surface area contributed by atoms with E-state index in [0.29, 0.717) is 24.2 Å². The zero-order valence-corrected chi connectivity index (χ0v) is 18.6. The van der Waals surface area contributed by atoms with Gasteiger partial charge in [-0.3, -0.25) is 9.59 Å². The number of phenols is 1. The van der Waals surface area contributed by atoms with Gasteiger partial charge >= 0.3 is 0 Å². The van der Waals surface area contributed by atoms with Gasteiger partial charge in [0.05, 0.1) is 11.6 Å². The first kappa shape index (κ1) is 22.6. The smallest absolute Gasteiger partial charge is 0.295 e. The zero-order chi connectivity index (χ0) is 22.7. The zero-order valence-electron chi connectivity index (χ0n) is 18.6. The Hall–Kier alpha value is -3.12. The average Bonchev–Trinajstić information content (AvgIpc) is 3.01. The van der Waals surface area contributed by atoms with Gasteiger partial charge in [0.2, 0.25) is 0 Å². The molecular formula is C25H30N2O4. The fourth-order valence-electron chi connectivity index (χ4n) is 4.04. The summed E-state index contributed by atoms with van der Waals surface area (Å²) in [6, 6.07) is 11.4. The Balaban J connectivity index is 2.13. The Bertz CT molecular complexity index is 1010. The number of hydrogen-bond donors (Lipinski definition) is 2. The standard InChI is InChI=1S/C25H30N2O4/c1-5-26(6-2)13-14-27-22(18-9-11-19(28)12-10-18)21(24(30)25(27)31)23(29)20-15-16(3)7-8-17(20)4/h7-12,15,22,28-29H,5-6,13-14H2,1-4H3/b23-21+. The molecule has 1 aliphatic heterocycles. The van der Waals surface area contributed by atoms with Crippen LogP contribution in [0.15, 0.2) is 48.0 Å². The number of nitrogens with zero attached hydrogens (tertiary/aromatic N) is 2. The summed E-state index contributed by atoms with van der Waals surface area (Å²) in [5.74, 6) is -1.37. The summed E-state index contributed by atoms with van der Waals surface area (Å²) in [6.45, 7) is 10.5. The van der Waals surface area contributed by atoms with Crippen molar-refractivity contribution in [2.75, 3.05) is 26.2 Å². The molecule has 1 fully saturated rings. The van der Waals surface area contributed by atoms with Crippen molar-refractivity contribution in [1.82, 2.24) is 9.80 Å². The average molecular weight is 423 g/mol. The first-order chi connectivity index (χ1) is 14.8. The number of ketones is 1. The molecule has 2 N–H and O–H groups in total. The summed E-state index contributed by atoms with van der Waals surface area (Å²) >= 11 is 0. The van der Waals surface area contributed by atoms with Gasteiger partial charge in [0.25, 0.3) is 11.7 Å². The van der Waals surface area contributed by atoms with Crippen molar-refractivity contribution in [3.05, 3.63) is 70.3 Å². The third kappa shape index (κ3) is 4.49. The van der Waals surface area contributed by atoms with Crippen LogP contribution < -0.4 is 0 Å². The number of carbonyl (C=O) groups excluding carboxylic acids is 2. The number of likely N-dealkylation sites (tertiary alicyclic amines) is 1. The van der Waals surface area contributed by atoms with Gasteiger partial charge in [-0.1, -0.05) is 43.7 Å². The summed E-state index contributed by atoms with van der Waals surface area (Å²) in [6.07, 6.45) is 0. The molecule has 1 aliphatic rings. The third-order valence-corrected chi connectivity index (χ3v) is 5.95. The number of aryl methyl sites for hydroxylation is 2. The van der Waals surface area contributed by atoms with Gasteiger partial charge in [-0.05, 0) is 56.3 Å². The number of likely N-dealkylation sites (N-methyl/N-ethyl adjacent to an activating group) is 1. The van der Waals surface area contributed by atoms with Gasteiger partial charge in [-0.2, -0.15) is 0 Å². The second kappa shape index (κ2) is 9.35. The summed E-state index contributed by atoms with van der Waals surface area (Å²) in [7, 11) is 0. The van der Waals surface area contributed by atoms with E-state index in [1.165, 1.54) is 17.0 Å². The largest absolute Gasteiger partial charge is 0.508 e. The number of phenolic OH excluding ortho intramolecular Hbond substituents is 1. The minimum Gasteiger partial charge on any atom is -0.508 e. The Kier molecular flexibility index (Phi) is 6.81. The third-order valence-electron chi connectivity index (χ3n) is 5.95. The molecule has 1 unspecified atom stereocenters. The number of aliphatic hydroxyl groups is 1. The minimum absolute atomic E-state index is 0.0870. The van der Waals surface area contributed by atoms with E-state index in [1.54, 1.807) is 12.1 Å². The maximum absolute atomic E-state index is 13.1. The highest BCUT2D eigenvalue weighted by Gasteiger charge is 2.46. The van der Waals surface area contributed by atoms with E-state index in [-0.39, 0.29) is 17.1 Å². The van der Waals surface area contributed by atoms with E-state index >= 15 is 0 Å². The Morgan fingerprint density at radius 2 is 1.68 bits per heavy atom. The van der Waals surface area contributed by atoms with Crippen molar-refractivity contribution in [1.29, 1.82) is 0 Å². The molecule has 164 valence electrons. The lowest BCUT2D eigenvalue weighted by molar-refractivity contribution is -0.140. The molecule has 6 heteroatoms. The van der Waals surface area contributed by atoms with Gasteiger partial charge in [0.1, 0.15) is 11.5 Å². The van der Waals surface area contributed by atoms with Crippen LogP contribution in [0, 0.1) is 13.8 Å². The quantitative estimate of drug-likeness (QED) is 0.403. The van der Waals surface area contributed by atoms with Crippen molar-refractivity contribution < 1.29 is 19.8 Å². The number of Topliss-reactive ketones (excluding diaryl/α,β-unsaturated/α-hetero) is 1. The first-order valence-corrected chi connectivity index (χ1v) is 10.7. The summed E-state index contributed by atoms with van der Waals surface area (Å²) in [5.41, 5.74) is 3.07. The Labute approximate surface area is 183 Å². The van der Waals surface area contributed by atoms with E-state index in [4.69, 9.17) is 0 Å². The lowest BCUT2D eigenvalue weighted by Crippen LogP contribution is -2.38. The van der Waals surface area contributed by atoms with Crippen molar-refractivity contribution in [2.45, 2.75) is 33.7 Å². The van der Waals surface area contributed by atoms with Crippen LogP contribution in [-0.4, -0.2) is 57.9 Å². The molecule has 1 amide bonds. The highest BCUT2D eigenvalue weighted by molar-refractivity contribution is 6.46. The van der Waals surface area contributed by atoms with Crippen LogP contribution in [0.1, 0.15) is 42.1 Å². The predicted octanol–water partition coefficient (Wildman–Crippen LogP) is 3.77. The molecule has 31 heavy (non-hydrogen) atoms. The lowest BCUT2D eigenvalue weighted by Gasteiger charge is -2.28. The number of carbonyl (C=O) groups is 2. The maximum atomic E-state index is 13.1. The Morgan fingerprint density at radius 1 is 1.03 bits per heavy atom. The van der Waals surface area contributed by atoms with Crippen LogP contribution in [0.3, 0.4) is 0 Å². The number of hydrogen-bond acceptors (Lipinski definition) is 5. The lowest BCUT2D eigenvalue weighted by atomic mass is 9.93. The van der Waals surface area contributed by atoms with Gasteiger partial charge in [0.15, 0.2) is 0 Å². The van der Waals surface area contributed by atoms with Gasteiger partial charge < -0.3 is 20.0 Å². The molecule has 2 aromatic rings. The molecule has 3 rings (SSSR count). The second-order valence-corrected chi connectivity index (χ2v) is 7.93. The van der Waals surface area contributed by atoms with Gasteiger partial charge in [0, 0.05) is 18.7 Å². The minimum atomic E-state index is -0.712. The summed E-state index contributed by atoms with van der Waals surface area (Å²) in [4.78, 5) is 29.8. The van der Waals surface area contributed by atoms with Crippen LogP contribution in [0.2, 0.25) is 0 Å². The first-order valence-electron chi connectivity index (χ1n) is 10.7. The van der Waals surface area contributed by atoms with E-state index in [2.05, 4.69) is 18.7 Å². The summed E-state index contributed by atoms with van der Waals surface area (Å²) < 4.78 is 0. The second-order valence-electron chi connectivity index (χ2n) is 7.93. The molecular weight excluding hydrogens is 392 g/mol. The molecule has 0 spiro atoms. The van der Waals surface area contributed by atoms with Crippen LogP contribution in [0.25, 0.3) is 5.76 Å². The van der Waals surface area contributed by atoms with Crippen molar-refractivity contribution in [3.63, 3.8) is 0 Å². The fourth-order valence-corrected chi connectivity index (χ4v) is 4.04. The van der Waals surface area contributed by atoms with Gasteiger partial charge in [-0.25, -0.2) is 0 Å². The van der Waals surface area contributed by atoms with Crippen molar-refractivity contribution in [2.24, 2.45) is 0 Å². The molecule has 0 saturated carbocycles. The molecule has 1 heterocycles. The normalized spacial score (nSPS) is 18.2. The summed E-state index contributed by atoms with van der Waals surface area (Å²) in [5, 5.41) is 20.9. The molecule has 0 bridgehead atoms. The highest BCUT2D eigenvalue weighted by atomic mass is 16.3. The fraction of sp³-hybridized carbons (Fsp3) is 0.360. The molecule has 0 radical (unpaired) electrons. The SMILES string of the molecule is CCN(CC)CCN1C(=O)C(=O)/C(=C(/O)c2cc(C)ccc2C)C1c1ccc(O)cc1. The molecule has 0 aromatic heterocycles. The molecule has 0 aliphatic carbocycles. The topological polar surface area (TPSA) is 81.1 Å². The van der Waals surface area contributed by atoms with Crippen LogP contribution >= 0.6 is 0 Å². The number of aliphatic hydroxyl groups excluding tert-OH is 1. The monoisotopic (exact) mass is 422 g/mol. The van der Waals surface area contributed by atoms with Crippen LogP contribution in [-0.2, 0) is 9.59 Å². The molecule has 2 aromatic carbocycles. The Morgan fingerprint density at radius 3 is 2.29 bits per heavy atom.